The zero-order valence-electron chi connectivity index (χ0n) is 16.6. The molecule has 0 radical (unpaired) electrons. The summed E-state index contributed by atoms with van der Waals surface area (Å²) >= 11 is 6.07. The number of aromatic nitrogens is 3. The van der Waals surface area contributed by atoms with Crippen LogP contribution in [0, 0.1) is 0 Å². The molecule has 2 aromatic heterocycles. The number of H-pyrrole nitrogens is 1. The summed E-state index contributed by atoms with van der Waals surface area (Å²) in [5, 5.41) is 5.17. The van der Waals surface area contributed by atoms with Gasteiger partial charge in [-0.15, -0.1) is 0 Å². The summed E-state index contributed by atoms with van der Waals surface area (Å²) in [6, 6.07) is 16.3. The fourth-order valence-corrected chi connectivity index (χ4v) is 3.66. The molecule has 2 aromatic carbocycles. The average Bonchev–Trinajstić information content (AvgIpc) is 3.22. The van der Waals surface area contributed by atoms with Gasteiger partial charge in [-0.05, 0) is 55.8 Å². The molecule has 6 heteroatoms. The fraction of sp³-hybridized carbons (Fsp3) is 0.217. The van der Waals surface area contributed by atoms with Crippen molar-refractivity contribution in [1.82, 2.24) is 15.0 Å². The van der Waals surface area contributed by atoms with E-state index in [4.69, 9.17) is 11.6 Å². The van der Waals surface area contributed by atoms with Gasteiger partial charge in [0.1, 0.15) is 5.82 Å². The van der Waals surface area contributed by atoms with Crippen molar-refractivity contribution in [2.75, 3.05) is 23.3 Å². The van der Waals surface area contributed by atoms with Gasteiger partial charge in [-0.3, -0.25) is 4.98 Å². The standard InChI is InChI=1S/C23H24ClN5/c1-3-29(4-2)18-8-5-16(6-9-18)22-14-27-23(28-22)15-26-20-11-12-25-21-13-17(24)7-10-19(20)21/h5-14H,3-4,15H2,1-2H3,(H,25,26)(H,27,28). The number of nitrogens with one attached hydrogen (secondary N) is 2. The lowest BCUT2D eigenvalue weighted by Gasteiger charge is -2.21. The van der Waals surface area contributed by atoms with Gasteiger partial charge in [0.05, 0.1) is 24.0 Å². The molecule has 148 valence electrons. The number of imidazole rings is 1. The van der Waals surface area contributed by atoms with Gasteiger partial charge in [-0.2, -0.15) is 0 Å². The largest absolute Gasteiger partial charge is 0.377 e. The second kappa shape index (κ2) is 8.53. The Morgan fingerprint density at radius 2 is 1.79 bits per heavy atom. The van der Waals surface area contributed by atoms with Gasteiger partial charge in [0.2, 0.25) is 0 Å². The zero-order valence-corrected chi connectivity index (χ0v) is 17.4. The smallest absolute Gasteiger partial charge is 0.125 e. The maximum absolute atomic E-state index is 6.07. The number of anilines is 2. The molecule has 5 nitrogen and oxygen atoms in total. The van der Waals surface area contributed by atoms with Crippen molar-refractivity contribution in [3.63, 3.8) is 0 Å². The van der Waals surface area contributed by atoms with Crippen LogP contribution in [0.1, 0.15) is 19.7 Å². The van der Waals surface area contributed by atoms with Crippen LogP contribution in [0.3, 0.4) is 0 Å². The van der Waals surface area contributed by atoms with Crippen molar-refractivity contribution in [2.45, 2.75) is 20.4 Å². The molecule has 0 fully saturated rings. The Labute approximate surface area is 175 Å². The summed E-state index contributed by atoms with van der Waals surface area (Å²) in [4.78, 5) is 14.6. The normalized spacial score (nSPS) is 11.0. The first-order valence-corrected chi connectivity index (χ1v) is 10.2. The van der Waals surface area contributed by atoms with Crippen LogP contribution in [0.15, 0.2) is 60.9 Å². The number of rotatable bonds is 7. The molecule has 0 amide bonds. The molecule has 2 N–H and O–H groups in total. The van der Waals surface area contributed by atoms with E-state index in [1.165, 1.54) is 5.69 Å². The molecule has 2 heterocycles. The van der Waals surface area contributed by atoms with E-state index in [9.17, 15) is 0 Å². The van der Waals surface area contributed by atoms with E-state index in [-0.39, 0.29) is 0 Å². The monoisotopic (exact) mass is 405 g/mol. The maximum Gasteiger partial charge on any atom is 0.125 e. The molecule has 0 unspecified atom stereocenters. The second-order valence-corrected chi connectivity index (χ2v) is 7.27. The van der Waals surface area contributed by atoms with Crippen LogP contribution in [0.5, 0.6) is 0 Å². The molecule has 0 aliphatic rings. The first-order chi connectivity index (χ1) is 14.2. The number of aromatic amines is 1. The first-order valence-electron chi connectivity index (χ1n) is 9.85. The summed E-state index contributed by atoms with van der Waals surface area (Å²) in [6.45, 7) is 6.95. The van der Waals surface area contributed by atoms with Crippen LogP contribution in [0.2, 0.25) is 5.02 Å². The minimum absolute atomic E-state index is 0.596. The average molecular weight is 406 g/mol. The summed E-state index contributed by atoms with van der Waals surface area (Å²) in [7, 11) is 0. The van der Waals surface area contributed by atoms with Crippen molar-refractivity contribution in [3.8, 4) is 11.3 Å². The number of hydrogen-bond acceptors (Lipinski definition) is 4. The molecule has 29 heavy (non-hydrogen) atoms. The van der Waals surface area contributed by atoms with Gasteiger partial charge in [0.15, 0.2) is 0 Å². The van der Waals surface area contributed by atoms with E-state index in [0.29, 0.717) is 11.6 Å². The van der Waals surface area contributed by atoms with Crippen LogP contribution in [-0.2, 0) is 6.54 Å². The molecule has 0 atom stereocenters. The number of halogens is 1. The molecule has 0 aliphatic carbocycles. The summed E-state index contributed by atoms with van der Waals surface area (Å²) in [6.07, 6.45) is 3.67. The van der Waals surface area contributed by atoms with Crippen LogP contribution in [0.4, 0.5) is 11.4 Å². The molecule has 0 saturated heterocycles. The Balaban J connectivity index is 1.48. The van der Waals surface area contributed by atoms with Gasteiger partial charge >= 0.3 is 0 Å². The highest BCUT2D eigenvalue weighted by Crippen LogP contribution is 2.25. The highest BCUT2D eigenvalue weighted by Gasteiger charge is 2.07. The molecule has 0 saturated carbocycles. The third kappa shape index (κ3) is 4.20. The van der Waals surface area contributed by atoms with E-state index in [0.717, 1.165) is 46.8 Å². The molecule has 0 aliphatic heterocycles. The van der Waals surface area contributed by atoms with Crippen molar-refractivity contribution < 1.29 is 0 Å². The highest BCUT2D eigenvalue weighted by atomic mass is 35.5. The van der Waals surface area contributed by atoms with Crippen LogP contribution in [0.25, 0.3) is 22.2 Å². The Bertz CT molecular complexity index is 1100. The highest BCUT2D eigenvalue weighted by molar-refractivity contribution is 6.31. The van der Waals surface area contributed by atoms with Crippen molar-refractivity contribution in [2.24, 2.45) is 0 Å². The molecule has 4 aromatic rings. The summed E-state index contributed by atoms with van der Waals surface area (Å²) in [5.41, 5.74) is 5.26. The lowest BCUT2D eigenvalue weighted by Crippen LogP contribution is -2.21. The third-order valence-corrected chi connectivity index (χ3v) is 5.32. The topological polar surface area (TPSA) is 56.8 Å². The number of fused-ring (bicyclic) bond motifs is 1. The van der Waals surface area contributed by atoms with Gasteiger partial charge in [-0.25, -0.2) is 4.98 Å². The fourth-order valence-electron chi connectivity index (χ4n) is 3.49. The molecular weight excluding hydrogens is 382 g/mol. The van der Waals surface area contributed by atoms with Crippen molar-refractivity contribution in [3.05, 3.63) is 71.8 Å². The Morgan fingerprint density at radius 1 is 1.00 bits per heavy atom. The van der Waals surface area contributed by atoms with Crippen LogP contribution >= 0.6 is 11.6 Å². The van der Waals surface area contributed by atoms with Gasteiger partial charge in [-0.1, -0.05) is 23.7 Å². The van der Waals surface area contributed by atoms with Crippen molar-refractivity contribution in [1.29, 1.82) is 0 Å². The van der Waals surface area contributed by atoms with E-state index in [1.54, 1.807) is 6.20 Å². The SMILES string of the molecule is CCN(CC)c1ccc(-c2cnc(CNc3ccnc4cc(Cl)ccc34)[nH]2)cc1. The van der Waals surface area contributed by atoms with E-state index < -0.39 is 0 Å². The lowest BCUT2D eigenvalue weighted by atomic mass is 10.1. The molecule has 4 rings (SSSR count). The predicted molar refractivity (Wildman–Crippen MR) is 122 cm³/mol. The van der Waals surface area contributed by atoms with E-state index >= 15 is 0 Å². The Hall–Kier alpha value is -3.05. The predicted octanol–water partition coefficient (Wildman–Crippen LogP) is 5.74. The van der Waals surface area contributed by atoms with Crippen LogP contribution in [-0.4, -0.2) is 28.0 Å². The van der Waals surface area contributed by atoms with E-state index in [2.05, 4.69) is 63.3 Å². The minimum atomic E-state index is 0.596. The summed E-state index contributed by atoms with van der Waals surface area (Å²) in [5.74, 6) is 0.881. The zero-order chi connectivity index (χ0) is 20.2. The second-order valence-electron chi connectivity index (χ2n) is 6.84. The van der Waals surface area contributed by atoms with Crippen molar-refractivity contribution >= 4 is 33.9 Å². The third-order valence-electron chi connectivity index (χ3n) is 5.09. The number of nitrogens with zero attached hydrogens (tertiary/aromatic N) is 3. The maximum atomic E-state index is 6.07. The van der Waals surface area contributed by atoms with Gasteiger partial charge in [0, 0.05) is 41.1 Å². The van der Waals surface area contributed by atoms with Gasteiger partial charge in [0.25, 0.3) is 0 Å². The molecule has 0 bridgehead atoms. The minimum Gasteiger partial charge on any atom is -0.377 e. The Kier molecular flexibility index (Phi) is 5.67. The molecule has 0 spiro atoms. The van der Waals surface area contributed by atoms with Gasteiger partial charge < -0.3 is 15.2 Å². The number of benzene rings is 2. The number of pyridine rings is 1. The van der Waals surface area contributed by atoms with Crippen LogP contribution < -0.4 is 10.2 Å². The Morgan fingerprint density at radius 3 is 2.55 bits per heavy atom. The summed E-state index contributed by atoms with van der Waals surface area (Å²) < 4.78 is 0. The van der Waals surface area contributed by atoms with E-state index in [1.807, 2.05) is 30.5 Å². The first kappa shape index (κ1) is 19.3. The molecular formula is C23H24ClN5. The number of hydrogen-bond donors (Lipinski definition) is 2. The quantitative estimate of drug-likeness (QED) is 0.412. The lowest BCUT2D eigenvalue weighted by molar-refractivity contribution is 0.866.